The summed E-state index contributed by atoms with van der Waals surface area (Å²) < 4.78 is 0. The van der Waals surface area contributed by atoms with Crippen molar-refractivity contribution in [1.82, 2.24) is 0 Å². The molecule has 0 saturated carbocycles. The van der Waals surface area contributed by atoms with Gasteiger partial charge in [0.15, 0.2) is 0 Å². The zero-order valence-corrected chi connectivity index (χ0v) is 12.8. The maximum atomic E-state index is 12.3. The minimum absolute atomic E-state index is 0.309. The van der Waals surface area contributed by atoms with Gasteiger partial charge in [-0.25, -0.2) is 14.4 Å². The molecule has 0 spiro atoms. The van der Waals surface area contributed by atoms with Gasteiger partial charge in [-0.2, -0.15) is 0 Å². The van der Waals surface area contributed by atoms with Crippen molar-refractivity contribution in [2.24, 2.45) is 0 Å². The fraction of sp³-hybridized carbons (Fsp3) is 0. The summed E-state index contributed by atoms with van der Waals surface area (Å²) in [5, 5.41) is 48.5. The van der Waals surface area contributed by atoms with E-state index in [1.807, 2.05) is 0 Å². The molecule has 2 rings (SSSR count). The summed E-state index contributed by atoms with van der Waals surface area (Å²) >= 11 is 0. The largest absolute Gasteiger partial charge is 0.508 e. The third kappa shape index (κ3) is 3.53. The Labute approximate surface area is 144 Å². The highest BCUT2D eigenvalue weighted by molar-refractivity contribution is 6.11. The Balaban J connectivity index is 2.51. The molecule has 1 amide bonds. The SMILES string of the molecule is O=C(O)c1ccc(C(=O)O)c(NC(=O)c2cc(O)cc(C(=O)O)c2O)c1. The fourth-order valence-electron chi connectivity index (χ4n) is 2.11. The van der Waals surface area contributed by atoms with Crippen LogP contribution in [-0.2, 0) is 0 Å². The van der Waals surface area contributed by atoms with Crippen LogP contribution in [-0.4, -0.2) is 49.3 Å². The molecule has 0 unspecified atom stereocenters. The number of rotatable bonds is 5. The number of hydrogen-bond acceptors (Lipinski definition) is 6. The van der Waals surface area contributed by atoms with E-state index in [0.29, 0.717) is 0 Å². The Morgan fingerprint density at radius 1 is 0.731 bits per heavy atom. The molecule has 0 saturated heterocycles. The maximum Gasteiger partial charge on any atom is 0.339 e. The van der Waals surface area contributed by atoms with Crippen LogP contribution in [0.15, 0.2) is 30.3 Å². The Kier molecular flexibility index (Phi) is 4.78. The van der Waals surface area contributed by atoms with E-state index in [0.717, 1.165) is 30.3 Å². The summed E-state index contributed by atoms with van der Waals surface area (Å²) in [7, 11) is 0. The van der Waals surface area contributed by atoms with Crippen molar-refractivity contribution in [1.29, 1.82) is 0 Å². The van der Waals surface area contributed by atoms with Crippen molar-refractivity contribution < 1.29 is 44.7 Å². The number of aromatic hydroxyl groups is 2. The van der Waals surface area contributed by atoms with Crippen molar-refractivity contribution in [3.63, 3.8) is 0 Å². The third-order valence-electron chi connectivity index (χ3n) is 3.31. The van der Waals surface area contributed by atoms with Gasteiger partial charge < -0.3 is 30.8 Å². The first kappa shape index (κ1) is 18.3. The average molecular weight is 361 g/mol. The number of phenolic OH excluding ortho intramolecular Hbond substituents is 1. The number of amides is 1. The number of carboxylic acids is 3. The minimum atomic E-state index is -1.61. The summed E-state index contributed by atoms with van der Waals surface area (Å²) in [4.78, 5) is 45.6. The van der Waals surface area contributed by atoms with E-state index in [2.05, 4.69) is 5.32 Å². The van der Waals surface area contributed by atoms with Crippen LogP contribution in [0.25, 0.3) is 0 Å². The van der Waals surface area contributed by atoms with E-state index in [-0.39, 0.29) is 11.3 Å². The number of aromatic carboxylic acids is 3. The van der Waals surface area contributed by atoms with Gasteiger partial charge in [-0.1, -0.05) is 0 Å². The van der Waals surface area contributed by atoms with Crippen molar-refractivity contribution >= 4 is 29.5 Å². The number of anilines is 1. The molecule has 134 valence electrons. The fourth-order valence-corrected chi connectivity index (χ4v) is 2.11. The highest BCUT2D eigenvalue weighted by Crippen LogP contribution is 2.29. The van der Waals surface area contributed by atoms with Crippen LogP contribution < -0.4 is 5.32 Å². The maximum absolute atomic E-state index is 12.3. The lowest BCUT2D eigenvalue weighted by Crippen LogP contribution is -2.16. The highest BCUT2D eigenvalue weighted by atomic mass is 16.4. The second kappa shape index (κ2) is 6.81. The molecule has 2 aromatic rings. The van der Waals surface area contributed by atoms with Gasteiger partial charge in [0.2, 0.25) is 0 Å². The van der Waals surface area contributed by atoms with Gasteiger partial charge in [-0.3, -0.25) is 4.79 Å². The van der Waals surface area contributed by atoms with Crippen molar-refractivity contribution in [2.45, 2.75) is 0 Å². The van der Waals surface area contributed by atoms with E-state index in [9.17, 15) is 29.4 Å². The molecule has 0 bridgehead atoms. The molecular weight excluding hydrogens is 350 g/mol. The van der Waals surface area contributed by atoms with Crippen LogP contribution in [0.4, 0.5) is 5.69 Å². The van der Waals surface area contributed by atoms with Crippen LogP contribution in [0.1, 0.15) is 41.4 Å². The number of carbonyl (C=O) groups is 4. The molecule has 10 heteroatoms. The van der Waals surface area contributed by atoms with Gasteiger partial charge in [0.05, 0.1) is 22.4 Å². The summed E-state index contributed by atoms with van der Waals surface area (Å²) in [6.45, 7) is 0. The first-order valence-electron chi connectivity index (χ1n) is 6.83. The van der Waals surface area contributed by atoms with E-state index in [4.69, 9.17) is 15.3 Å². The smallest absolute Gasteiger partial charge is 0.339 e. The number of hydrogen-bond donors (Lipinski definition) is 6. The lowest BCUT2D eigenvalue weighted by atomic mass is 10.1. The number of benzene rings is 2. The molecule has 6 N–H and O–H groups in total. The molecule has 2 aromatic carbocycles. The lowest BCUT2D eigenvalue weighted by Gasteiger charge is -2.12. The van der Waals surface area contributed by atoms with E-state index in [1.54, 1.807) is 0 Å². The molecule has 10 nitrogen and oxygen atoms in total. The van der Waals surface area contributed by atoms with E-state index in [1.165, 1.54) is 0 Å². The predicted molar refractivity (Wildman–Crippen MR) is 85.0 cm³/mol. The minimum Gasteiger partial charge on any atom is -0.508 e. The number of phenols is 2. The molecule has 0 aromatic heterocycles. The first-order chi connectivity index (χ1) is 12.1. The molecular formula is C16H11NO9. The highest BCUT2D eigenvalue weighted by Gasteiger charge is 2.22. The summed E-state index contributed by atoms with van der Waals surface area (Å²) in [6, 6.07) is 4.38. The van der Waals surface area contributed by atoms with Crippen LogP contribution in [0.3, 0.4) is 0 Å². The topological polar surface area (TPSA) is 181 Å². The normalized spacial score (nSPS) is 10.2. The monoisotopic (exact) mass is 361 g/mol. The van der Waals surface area contributed by atoms with Gasteiger partial charge in [0.1, 0.15) is 17.1 Å². The van der Waals surface area contributed by atoms with Crippen LogP contribution in [0.5, 0.6) is 11.5 Å². The molecule has 0 aliphatic rings. The number of nitrogens with one attached hydrogen (secondary N) is 1. The van der Waals surface area contributed by atoms with Crippen LogP contribution in [0.2, 0.25) is 0 Å². The zero-order chi connectivity index (χ0) is 19.6. The Hall–Kier alpha value is -4.08. The molecule has 0 heterocycles. The second-order valence-corrected chi connectivity index (χ2v) is 5.02. The predicted octanol–water partition coefficient (Wildman–Crippen LogP) is 1.44. The molecule has 26 heavy (non-hydrogen) atoms. The third-order valence-corrected chi connectivity index (χ3v) is 3.31. The standard InChI is InChI=1S/C16H11NO9/c18-7-4-9(12(19)10(5-7)16(25)26)13(20)17-11-3-6(14(21)22)1-2-8(11)15(23)24/h1-5,18-19H,(H,17,20)(H,21,22)(H,23,24)(H,25,26). The van der Waals surface area contributed by atoms with Crippen molar-refractivity contribution in [2.75, 3.05) is 5.32 Å². The second-order valence-electron chi connectivity index (χ2n) is 5.02. The Bertz CT molecular complexity index is 949. The molecule has 0 fully saturated rings. The van der Waals surface area contributed by atoms with Crippen molar-refractivity contribution in [3.8, 4) is 11.5 Å². The molecule has 0 aliphatic carbocycles. The number of carboxylic acid groups (broad SMARTS) is 3. The van der Waals surface area contributed by atoms with Crippen molar-refractivity contribution in [3.05, 3.63) is 52.6 Å². The summed E-state index contributed by atoms with van der Waals surface area (Å²) in [5.41, 5.74) is -2.51. The van der Waals surface area contributed by atoms with Gasteiger partial charge in [0.25, 0.3) is 5.91 Å². The van der Waals surface area contributed by atoms with Gasteiger partial charge in [-0.05, 0) is 30.3 Å². The Morgan fingerprint density at radius 3 is 1.85 bits per heavy atom. The zero-order valence-electron chi connectivity index (χ0n) is 12.8. The van der Waals surface area contributed by atoms with Gasteiger partial charge in [0, 0.05) is 0 Å². The summed E-state index contributed by atoms with van der Waals surface area (Å²) in [5.74, 6) is -7.14. The van der Waals surface area contributed by atoms with Gasteiger partial charge >= 0.3 is 17.9 Å². The van der Waals surface area contributed by atoms with E-state index >= 15 is 0 Å². The quantitative estimate of drug-likeness (QED) is 0.429. The summed E-state index contributed by atoms with van der Waals surface area (Å²) in [6.07, 6.45) is 0. The molecule has 0 atom stereocenters. The molecule has 0 radical (unpaired) electrons. The van der Waals surface area contributed by atoms with Gasteiger partial charge in [-0.15, -0.1) is 0 Å². The lowest BCUT2D eigenvalue weighted by molar-refractivity contribution is 0.0682. The molecule has 0 aliphatic heterocycles. The van der Waals surface area contributed by atoms with Crippen LogP contribution in [0, 0.1) is 0 Å². The first-order valence-corrected chi connectivity index (χ1v) is 6.83. The van der Waals surface area contributed by atoms with Crippen LogP contribution >= 0.6 is 0 Å². The average Bonchev–Trinajstić information content (AvgIpc) is 2.55. The Morgan fingerprint density at radius 2 is 1.31 bits per heavy atom. The van der Waals surface area contributed by atoms with E-state index < -0.39 is 52.0 Å². The number of carbonyl (C=O) groups excluding carboxylic acids is 1.